The second kappa shape index (κ2) is 8.60. The van der Waals surface area contributed by atoms with E-state index in [-0.39, 0.29) is 24.7 Å². The third-order valence-electron chi connectivity index (χ3n) is 3.00. The minimum absolute atomic E-state index is 0.00430. The molecule has 24 heavy (non-hydrogen) atoms. The first kappa shape index (κ1) is 19.9. The van der Waals surface area contributed by atoms with Crippen LogP contribution >= 0.6 is 0 Å². The molecule has 2 amide bonds. The van der Waals surface area contributed by atoms with Gasteiger partial charge in [-0.2, -0.15) is 8.78 Å². The molecule has 0 spiro atoms. The summed E-state index contributed by atoms with van der Waals surface area (Å²) in [6, 6.07) is 0. The number of nitrogens with zero attached hydrogens (tertiary/aromatic N) is 3. The molecule has 136 valence electrons. The van der Waals surface area contributed by atoms with Crippen LogP contribution in [0.5, 0.6) is 0 Å². The summed E-state index contributed by atoms with van der Waals surface area (Å²) in [6.45, 7) is 2.87. The molecule has 7 nitrogen and oxygen atoms in total. The van der Waals surface area contributed by atoms with Crippen LogP contribution in [-0.4, -0.2) is 45.6 Å². The summed E-state index contributed by atoms with van der Waals surface area (Å²) >= 11 is 0. The summed E-state index contributed by atoms with van der Waals surface area (Å²) in [7, 11) is 1.52. The van der Waals surface area contributed by atoms with E-state index in [4.69, 9.17) is 4.74 Å². The van der Waals surface area contributed by atoms with Gasteiger partial charge in [0.1, 0.15) is 11.4 Å². The third kappa shape index (κ3) is 6.93. The van der Waals surface area contributed by atoms with Gasteiger partial charge in [-0.05, 0) is 27.2 Å². The lowest BCUT2D eigenvalue weighted by Crippen LogP contribution is -2.33. The van der Waals surface area contributed by atoms with E-state index >= 15 is 0 Å². The zero-order valence-corrected chi connectivity index (χ0v) is 14.4. The molecule has 1 N–H and O–H groups in total. The number of hydrogen-bond donors (Lipinski definition) is 1. The molecule has 1 aromatic rings. The van der Waals surface area contributed by atoms with Gasteiger partial charge in [0.25, 0.3) is 0 Å². The van der Waals surface area contributed by atoms with E-state index in [1.54, 1.807) is 20.8 Å². The Morgan fingerprint density at radius 2 is 2.08 bits per heavy atom. The summed E-state index contributed by atoms with van der Waals surface area (Å²) in [5, 5.41) is 2.56. The molecule has 0 aliphatic rings. The van der Waals surface area contributed by atoms with Gasteiger partial charge < -0.3 is 15.0 Å². The second-order valence-electron chi connectivity index (χ2n) is 6.31. The maximum atomic E-state index is 12.7. The smallest absolute Gasteiger partial charge is 0.407 e. The molecule has 0 radical (unpaired) electrons. The number of alkyl carbamates (subject to hydrolysis) is 1. The SMILES string of the molecule is CN(Cc1nccn1C(F)F)C(=O)CCCNC(=O)OC(C)(C)C. The Kier molecular flexibility index (Phi) is 7.12. The summed E-state index contributed by atoms with van der Waals surface area (Å²) in [6.07, 6.45) is 2.50. The van der Waals surface area contributed by atoms with Gasteiger partial charge in [-0.25, -0.2) is 9.78 Å². The van der Waals surface area contributed by atoms with E-state index in [1.165, 1.54) is 24.3 Å². The van der Waals surface area contributed by atoms with Crippen LogP contribution in [0.15, 0.2) is 12.4 Å². The van der Waals surface area contributed by atoms with Gasteiger partial charge in [0.2, 0.25) is 5.91 Å². The molecule has 0 unspecified atom stereocenters. The van der Waals surface area contributed by atoms with Gasteiger partial charge in [-0.1, -0.05) is 0 Å². The largest absolute Gasteiger partial charge is 0.444 e. The van der Waals surface area contributed by atoms with Gasteiger partial charge in [-0.15, -0.1) is 0 Å². The monoisotopic (exact) mass is 346 g/mol. The van der Waals surface area contributed by atoms with E-state index in [0.717, 1.165) is 0 Å². The summed E-state index contributed by atoms with van der Waals surface area (Å²) < 4.78 is 31.2. The lowest BCUT2D eigenvalue weighted by molar-refractivity contribution is -0.130. The normalized spacial score (nSPS) is 11.5. The molecule has 0 atom stereocenters. The highest BCUT2D eigenvalue weighted by Gasteiger charge is 2.17. The summed E-state index contributed by atoms with van der Waals surface area (Å²) in [4.78, 5) is 28.6. The molecule has 9 heteroatoms. The maximum Gasteiger partial charge on any atom is 0.407 e. The number of alkyl halides is 2. The van der Waals surface area contributed by atoms with Crippen molar-refractivity contribution >= 4 is 12.0 Å². The molecule has 1 rings (SSSR count). The van der Waals surface area contributed by atoms with Crippen LogP contribution in [0, 0.1) is 0 Å². The Morgan fingerprint density at radius 3 is 2.67 bits per heavy atom. The van der Waals surface area contributed by atoms with Gasteiger partial charge >= 0.3 is 12.6 Å². The van der Waals surface area contributed by atoms with E-state index in [9.17, 15) is 18.4 Å². The van der Waals surface area contributed by atoms with Crippen LogP contribution in [0.1, 0.15) is 46.0 Å². The number of hydrogen-bond acceptors (Lipinski definition) is 4. The predicted molar refractivity (Wildman–Crippen MR) is 83.4 cm³/mol. The Bertz CT molecular complexity index is 555. The number of carbonyl (C=O) groups is 2. The number of nitrogens with one attached hydrogen (secondary N) is 1. The minimum Gasteiger partial charge on any atom is -0.444 e. The fraction of sp³-hybridized carbons (Fsp3) is 0.667. The zero-order chi connectivity index (χ0) is 18.3. The average molecular weight is 346 g/mol. The van der Waals surface area contributed by atoms with Crippen molar-refractivity contribution in [1.29, 1.82) is 0 Å². The van der Waals surface area contributed by atoms with Crippen molar-refractivity contribution in [2.75, 3.05) is 13.6 Å². The molecule has 0 fully saturated rings. The van der Waals surface area contributed by atoms with Gasteiger partial charge in [0.05, 0.1) is 6.54 Å². The maximum absolute atomic E-state index is 12.7. The van der Waals surface area contributed by atoms with Gasteiger partial charge in [0, 0.05) is 32.4 Å². The van der Waals surface area contributed by atoms with Crippen LogP contribution < -0.4 is 5.32 Å². The number of halogens is 2. The summed E-state index contributed by atoms with van der Waals surface area (Å²) in [5.41, 5.74) is -0.577. The Labute approximate surface area is 140 Å². The van der Waals surface area contributed by atoms with Crippen molar-refractivity contribution < 1.29 is 23.1 Å². The molecule has 0 saturated heterocycles. The predicted octanol–water partition coefficient (Wildman–Crippen LogP) is 2.54. The number of carbonyl (C=O) groups excluding carboxylic acids is 2. The molecule has 1 aromatic heterocycles. The Hall–Kier alpha value is -2.19. The standard InChI is InChI=1S/C15H24F2N4O3/c1-15(2,3)24-14(23)19-7-5-6-12(22)20(4)10-11-18-8-9-21(11)13(16)17/h8-9,13H,5-7,10H2,1-4H3,(H,19,23). The van der Waals surface area contributed by atoms with Crippen LogP contribution in [0.2, 0.25) is 0 Å². The van der Waals surface area contributed by atoms with Crippen LogP contribution in [0.25, 0.3) is 0 Å². The zero-order valence-electron chi connectivity index (χ0n) is 14.4. The van der Waals surface area contributed by atoms with Crippen molar-refractivity contribution in [3.8, 4) is 0 Å². The molecule has 0 aliphatic carbocycles. The lowest BCUT2D eigenvalue weighted by atomic mass is 10.2. The van der Waals surface area contributed by atoms with Crippen LogP contribution in [0.4, 0.5) is 13.6 Å². The molecule has 0 aliphatic heterocycles. The Balaban J connectivity index is 2.32. The number of rotatable bonds is 7. The highest BCUT2D eigenvalue weighted by Crippen LogP contribution is 2.14. The third-order valence-corrected chi connectivity index (χ3v) is 3.00. The fourth-order valence-electron chi connectivity index (χ4n) is 1.88. The molecule has 1 heterocycles. The van der Waals surface area contributed by atoms with Crippen molar-refractivity contribution in [2.24, 2.45) is 0 Å². The number of amides is 2. The number of imidazole rings is 1. The van der Waals surface area contributed by atoms with E-state index in [0.29, 0.717) is 17.5 Å². The quantitative estimate of drug-likeness (QED) is 0.770. The number of ether oxygens (including phenoxy) is 1. The van der Waals surface area contributed by atoms with Crippen molar-refractivity contribution in [2.45, 2.75) is 52.3 Å². The van der Waals surface area contributed by atoms with Gasteiger partial charge in [-0.3, -0.25) is 9.36 Å². The topological polar surface area (TPSA) is 76.5 Å². The van der Waals surface area contributed by atoms with Gasteiger partial charge in [0.15, 0.2) is 0 Å². The first-order valence-electron chi connectivity index (χ1n) is 7.61. The fourth-order valence-corrected chi connectivity index (χ4v) is 1.88. The first-order chi connectivity index (χ1) is 11.1. The first-order valence-corrected chi connectivity index (χ1v) is 7.61. The van der Waals surface area contributed by atoms with Crippen molar-refractivity contribution in [1.82, 2.24) is 19.8 Å². The highest BCUT2D eigenvalue weighted by atomic mass is 19.3. The van der Waals surface area contributed by atoms with E-state index in [2.05, 4.69) is 10.3 Å². The molecule has 0 aromatic carbocycles. The number of aromatic nitrogens is 2. The highest BCUT2D eigenvalue weighted by molar-refractivity contribution is 5.75. The molecular weight excluding hydrogens is 322 g/mol. The molecule has 0 bridgehead atoms. The van der Waals surface area contributed by atoms with Crippen molar-refractivity contribution in [3.63, 3.8) is 0 Å². The van der Waals surface area contributed by atoms with E-state index in [1.807, 2.05) is 0 Å². The minimum atomic E-state index is -2.69. The average Bonchev–Trinajstić information content (AvgIpc) is 2.89. The molecular formula is C15H24F2N4O3. The van der Waals surface area contributed by atoms with E-state index < -0.39 is 18.2 Å². The summed E-state index contributed by atoms with van der Waals surface area (Å²) in [5.74, 6) is -0.0995. The molecule has 0 saturated carbocycles. The van der Waals surface area contributed by atoms with Crippen LogP contribution in [-0.2, 0) is 16.1 Å². The van der Waals surface area contributed by atoms with Crippen LogP contribution in [0.3, 0.4) is 0 Å². The Morgan fingerprint density at radius 1 is 1.42 bits per heavy atom. The lowest BCUT2D eigenvalue weighted by Gasteiger charge is -2.20. The second-order valence-corrected chi connectivity index (χ2v) is 6.31. The van der Waals surface area contributed by atoms with Crippen molar-refractivity contribution in [3.05, 3.63) is 18.2 Å².